The highest BCUT2D eigenvalue weighted by Gasteiger charge is 2.22. The van der Waals surface area contributed by atoms with E-state index in [2.05, 4.69) is 10.5 Å². The Balaban J connectivity index is 2.83. The van der Waals surface area contributed by atoms with Crippen LogP contribution >= 0.6 is 23.2 Å². The van der Waals surface area contributed by atoms with Crippen molar-refractivity contribution in [2.75, 3.05) is 6.61 Å². The van der Waals surface area contributed by atoms with E-state index in [1.165, 1.54) is 12.1 Å². The Morgan fingerprint density at radius 2 is 2.00 bits per heavy atom. The van der Waals surface area contributed by atoms with Crippen molar-refractivity contribution < 1.29 is 14.3 Å². The molecule has 5 nitrogen and oxygen atoms in total. The van der Waals surface area contributed by atoms with E-state index in [4.69, 9.17) is 27.9 Å². The molecule has 1 amide bonds. The molecule has 0 unspecified atom stereocenters. The van der Waals surface area contributed by atoms with Crippen LogP contribution in [0.15, 0.2) is 23.3 Å². The molecule has 0 spiro atoms. The van der Waals surface area contributed by atoms with E-state index in [0.29, 0.717) is 23.8 Å². The number of nitrogens with one attached hydrogen (secondary N) is 1. The van der Waals surface area contributed by atoms with E-state index in [0.717, 1.165) is 6.42 Å². The van der Waals surface area contributed by atoms with Crippen molar-refractivity contribution in [1.29, 1.82) is 0 Å². The van der Waals surface area contributed by atoms with Crippen LogP contribution < -0.4 is 5.43 Å². The molecular weight excluding hydrogens is 339 g/mol. The highest BCUT2D eigenvalue weighted by atomic mass is 35.5. The normalized spacial score (nSPS) is 12.7. The maximum atomic E-state index is 12.1. The number of amides is 1. The van der Waals surface area contributed by atoms with Gasteiger partial charge in [-0.3, -0.25) is 9.59 Å². The Labute approximate surface area is 146 Å². The predicted octanol–water partition coefficient (Wildman–Crippen LogP) is 4.08. The second-order valence-corrected chi connectivity index (χ2v) is 5.76. The van der Waals surface area contributed by atoms with Crippen LogP contribution in [0.2, 0.25) is 10.0 Å². The highest BCUT2D eigenvalue weighted by Crippen LogP contribution is 2.20. The van der Waals surface area contributed by atoms with Crippen molar-refractivity contribution in [1.82, 2.24) is 5.43 Å². The van der Waals surface area contributed by atoms with Gasteiger partial charge in [0.15, 0.2) is 0 Å². The molecular formula is C16H20Cl2N2O3. The number of ether oxygens (including phenoxy) is 1. The number of benzene rings is 1. The van der Waals surface area contributed by atoms with Gasteiger partial charge >= 0.3 is 5.97 Å². The van der Waals surface area contributed by atoms with Crippen molar-refractivity contribution in [3.05, 3.63) is 33.8 Å². The summed E-state index contributed by atoms with van der Waals surface area (Å²) in [6.45, 7) is 5.70. The van der Waals surface area contributed by atoms with Crippen LogP contribution in [0.4, 0.5) is 0 Å². The van der Waals surface area contributed by atoms with Crippen molar-refractivity contribution in [2.24, 2.45) is 11.0 Å². The number of hydrazone groups is 1. The van der Waals surface area contributed by atoms with Gasteiger partial charge in [0.05, 0.1) is 23.1 Å². The number of nitrogens with zero attached hydrogens (tertiary/aromatic N) is 1. The van der Waals surface area contributed by atoms with E-state index < -0.39 is 11.8 Å². The van der Waals surface area contributed by atoms with Crippen molar-refractivity contribution in [3.63, 3.8) is 0 Å². The first kappa shape index (κ1) is 19.5. The van der Waals surface area contributed by atoms with Gasteiger partial charge in [-0.25, -0.2) is 5.43 Å². The van der Waals surface area contributed by atoms with Gasteiger partial charge in [0.1, 0.15) is 0 Å². The summed E-state index contributed by atoms with van der Waals surface area (Å²) in [6, 6.07) is 4.56. The molecule has 0 radical (unpaired) electrons. The Hall–Kier alpha value is -1.59. The fraction of sp³-hybridized carbons (Fsp3) is 0.438. The molecule has 23 heavy (non-hydrogen) atoms. The number of esters is 1. The standard InChI is InChI=1S/C16H20Cl2N2O3/c1-4-6-12(16(22)23-5-2)10(3)19-20-15(21)13-8-7-11(17)9-14(13)18/h7-9,12H,4-6H2,1-3H3,(H,20,21)/b19-10-/t12-/m1/s1. The van der Waals surface area contributed by atoms with E-state index in [-0.39, 0.29) is 16.6 Å². The van der Waals surface area contributed by atoms with E-state index in [1.54, 1.807) is 19.9 Å². The quantitative estimate of drug-likeness (QED) is 0.453. The molecule has 0 heterocycles. The molecule has 126 valence electrons. The molecule has 7 heteroatoms. The molecule has 1 aromatic carbocycles. The van der Waals surface area contributed by atoms with Gasteiger partial charge in [-0.1, -0.05) is 36.5 Å². The van der Waals surface area contributed by atoms with Crippen LogP contribution in [0.25, 0.3) is 0 Å². The van der Waals surface area contributed by atoms with Gasteiger partial charge in [-0.15, -0.1) is 0 Å². The molecule has 0 fully saturated rings. The largest absolute Gasteiger partial charge is 0.465 e. The topological polar surface area (TPSA) is 67.8 Å². The van der Waals surface area contributed by atoms with Crippen LogP contribution in [0.1, 0.15) is 44.0 Å². The minimum Gasteiger partial charge on any atom is -0.465 e. The Morgan fingerprint density at radius 1 is 1.30 bits per heavy atom. The van der Waals surface area contributed by atoms with Gasteiger partial charge in [0.2, 0.25) is 0 Å². The summed E-state index contributed by atoms with van der Waals surface area (Å²) in [4.78, 5) is 24.0. The monoisotopic (exact) mass is 358 g/mol. The van der Waals surface area contributed by atoms with E-state index in [9.17, 15) is 9.59 Å². The SMILES string of the molecule is CCC[C@@H](C(=O)OCC)/C(C)=N\NC(=O)c1ccc(Cl)cc1Cl. The highest BCUT2D eigenvalue weighted by molar-refractivity contribution is 6.36. The molecule has 0 bridgehead atoms. The Bertz CT molecular complexity index is 603. The second-order valence-electron chi connectivity index (χ2n) is 4.91. The average molecular weight is 359 g/mol. The van der Waals surface area contributed by atoms with Crippen LogP contribution in [-0.2, 0) is 9.53 Å². The zero-order valence-electron chi connectivity index (χ0n) is 13.4. The number of hydrogen-bond acceptors (Lipinski definition) is 4. The maximum Gasteiger partial charge on any atom is 0.314 e. The van der Waals surface area contributed by atoms with Gasteiger partial charge in [0, 0.05) is 10.7 Å². The Kier molecular flexibility index (Phi) is 8.06. The van der Waals surface area contributed by atoms with Gasteiger partial charge in [-0.05, 0) is 38.5 Å². The molecule has 1 atom stereocenters. The smallest absolute Gasteiger partial charge is 0.314 e. The van der Waals surface area contributed by atoms with Crippen LogP contribution in [0, 0.1) is 5.92 Å². The molecule has 0 aliphatic rings. The molecule has 0 saturated carbocycles. The lowest BCUT2D eigenvalue weighted by atomic mass is 9.99. The average Bonchev–Trinajstić information content (AvgIpc) is 2.50. The number of halogens is 2. The molecule has 1 N–H and O–H groups in total. The first-order valence-corrected chi connectivity index (χ1v) is 8.12. The molecule has 0 aliphatic heterocycles. The molecule has 1 aromatic rings. The summed E-state index contributed by atoms with van der Waals surface area (Å²) in [5.74, 6) is -1.28. The lowest BCUT2D eigenvalue weighted by molar-refractivity contribution is -0.145. The fourth-order valence-electron chi connectivity index (χ4n) is 1.98. The van der Waals surface area contributed by atoms with Crippen molar-refractivity contribution >= 4 is 40.8 Å². The van der Waals surface area contributed by atoms with Gasteiger partial charge in [0.25, 0.3) is 5.91 Å². The van der Waals surface area contributed by atoms with Crippen LogP contribution in [0.3, 0.4) is 0 Å². The number of carbonyl (C=O) groups is 2. The second kappa shape index (κ2) is 9.53. The molecule has 1 rings (SSSR count). The van der Waals surface area contributed by atoms with E-state index >= 15 is 0 Å². The summed E-state index contributed by atoms with van der Waals surface area (Å²) < 4.78 is 5.03. The third-order valence-corrected chi connectivity index (χ3v) is 3.71. The summed E-state index contributed by atoms with van der Waals surface area (Å²) in [7, 11) is 0. The van der Waals surface area contributed by atoms with Crippen molar-refractivity contribution in [2.45, 2.75) is 33.6 Å². The van der Waals surface area contributed by atoms with Crippen LogP contribution in [0.5, 0.6) is 0 Å². The zero-order chi connectivity index (χ0) is 17.4. The van der Waals surface area contributed by atoms with Gasteiger partial charge < -0.3 is 4.74 Å². The van der Waals surface area contributed by atoms with Crippen molar-refractivity contribution in [3.8, 4) is 0 Å². The molecule has 0 saturated heterocycles. The fourth-order valence-corrected chi connectivity index (χ4v) is 2.47. The zero-order valence-corrected chi connectivity index (χ0v) is 14.9. The molecule has 0 aliphatic carbocycles. The third-order valence-electron chi connectivity index (χ3n) is 3.16. The summed E-state index contributed by atoms with van der Waals surface area (Å²) in [5.41, 5.74) is 3.16. The summed E-state index contributed by atoms with van der Waals surface area (Å²) >= 11 is 11.8. The minimum atomic E-state index is -0.471. The number of carbonyl (C=O) groups excluding carboxylic acids is 2. The lowest BCUT2D eigenvalue weighted by Crippen LogP contribution is -2.28. The maximum absolute atomic E-state index is 12.1. The Morgan fingerprint density at radius 3 is 2.57 bits per heavy atom. The third kappa shape index (κ3) is 5.84. The summed E-state index contributed by atoms with van der Waals surface area (Å²) in [5, 5.41) is 4.69. The predicted molar refractivity (Wildman–Crippen MR) is 92.1 cm³/mol. The first-order valence-electron chi connectivity index (χ1n) is 7.36. The van der Waals surface area contributed by atoms with Crippen LogP contribution in [-0.4, -0.2) is 24.2 Å². The lowest BCUT2D eigenvalue weighted by Gasteiger charge is -2.14. The molecule has 0 aromatic heterocycles. The minimum absolute atomic E-state index is 0.235. The summed E-state index contributed by atoms with van der Waals surface area (Å²) in [6.07, 6.45) is 1.40. The number of hydrogen-bond donors (Lipinski definition) is 1. The number of rotatable bonds is 7. The van der Waals surface area contributed by atoms with Gasteiger partial charge in [-0.2, -0.15) is 5.10 Å². The first-order chi connectivity index (χ1) is 10.9. The van der Waals surface area contributed by atoms with E-state index in [1.807, 2.05) is 6.92 Å².